The van der Waals surface area contributed by atoms with Crippen molar-refractivity contribution in [1.82, 2.24) is 9.97 Å². The molecule has 2 rings (SSSR count). The number of halogens is 2. The summed E-state index contributed by atoms with van der Waals surface area (Å²) in [6.07, 6.45) is 6.83. The van der Waals surface area contributed by atoms with Crippen molar-refractivity contribution < 1.29 is 10.2 Å². The van der Waals surface area contributed by atoms with E-state index in [2.05, 4.69) is 23.1 Å². The Labute approximate surface area is 174 Å². The summed E-state index contributed by atoms with van der Waals surface area (Å²) in [5, 5.41) is 20.4. The molecule has 2 aromatic heterocycles. The Balaban J connectivity index is 0.00000312. The summed E-state index contributed by atoms with van der Waals surface area (Å²) in [6, 6.07) is 0. The van der Waals surface area contributed by atoms with Crippen LogP contribution in [0.25, 0.3) is 12.2 Å². The van der Waals surface area contributed by atoms with Crippen LogP contribution >= 0.6 is 46.4 Å². The summed E-state index contributed by atoms with van der Waals surface area (Å²) in [5.74, 6) is 1.68. The minimum Gasteiger partial charge on any atom is -0.506 e. The highest BCUT2D eigenvalue weighted by Crippen LogP contribution is 2.37. The summed E-state index contributed by atoms with van der Waals surface area (Å²) in [6.45, 7) is 11.1. The molecule has 0 spiro atoms. The molecule has 0 unspecified atom stereocenters. The molecule has 0 aliphatic carbocycles. The third-order valence-electron chi connectivity index (χ3n) is 3.68. The number of aromatic nitrogens is 2. The average Bonchev–Trinajstić information content (AvgIpc) is 2.58. The fourth-order valence-corrected chi connectivity index (χ4v) is 4.39. The van der Waals surface area contributed by atoms with E-state index in [1.54, 1.807) is 60.0 Å². The van der Waals surface area contributed by atoms with Gasteiger partial charge in [0.1, 0.15) is 11.5 Å². The lowest BCUT2D eigenvalue weighted by Gasteiger charge is -2.11. The van der Waals surface area contributed by atoms with Crippen molar-refractivity contribution in [3.05, 3.63) is 59.2 Å². The Hall–Kier alpha value is -1.34. The van der Waals surface area contributed by atoms with Crippen LogP contribution in [-0.4, -0.2) is 20.2 Å². The lowest BCUT2D eigenvalue weighted by Crippen LogP contribution is -1.94. The molecule has 2 aromatic rings. The van der Waals surface area contributed by atoms with Gasteiger partial charge in [0.2, 0.25) is 0 Å². The van der Waals surface area contributed by atoms with Gasteiger partial charge >= 0.3 is 0 Å². The zero-order chi connectivity index (χ0) is 17.7. The molecular formula is C18H22Cl2N2O2S2. The minimum absolute atomic E-state index is 0. The maximum Gasteiger partial charge on any atom is 0.141 e. The fourth-order valence-electron chi connectivity index (χ4n) is 2.18. The Bertz CT molecular complexity index is 721. The van der Waals surface area contributed by atoms with Gasteiger partial charge in [-0.2, -0.15) is 0 Å². The molecule has 0 aliphatic rings. The summed E-state index contributed by atoms with van der Waals surface area (Å²) < 4.78 is 0. The molecule has 0 radical (unpaired) electrons. The molecule has 0 aliphatic heterocycles. The molecule has 0 amide bonds. The monoisotopic (exact) mass is 432 g/mol. The number of hydrogen-bond donors (Lipinski definition) is 2. The summed E-state index contributed by atoms with van der Waals surface area (Å²) in [5.41, 5.74) is 4.54. The van der Waals surface area contributed by atoms with E-state index in [1.165, 1.54) is 0 Å². The normalized spacial score (nSPS) is 9.77. The van der Waals surface area contributed by atoms with Crippen molar-refractivity contribution in [2.75, 3.05) is 0 Å². The number of rotatable bonds is 7. The van der Waals surface area contributed by atoms with E-state index in [1.807, 2.05) is 0 Å². The van der Waals surface area contributed by atoms with Gasteiger partial charge in [-0.05, 0) is 25.0 Å². The Kier molecular flexibility index (Phi) is 10.8. The maximum atomic E-state index is 10.2. The van der Waals surface area contributed by atoms with Crippen LogP contribution in [0.3, 0.4) is 0 Å². The molecule has 2 N–H and O–H groups in total. The Morgan fingerprint density at radius 3 is 1.50 bits per heavy atom. The van der Waals surface area contributed by atoms with E-state index in [-0.39, 0.29) is 36.3 Å². The second-order valence-electron chi connectivity index (χ2n) is 5.18. The van der Waals surface area contributed by atoms with Crippen molar-refractivity contribution in [2.45, 2.75) is 25.4 Å². The first-order valence-corrected chi connectivity index (χ1v) is 9.82. The number of aromatic hydroxyl groups is 2. The molecule has 0 saturated heterocycles. The molecule has 0 aromatic carbocycles. The van der Waals surface area contributed by atoms with Crippen LogP contribution in [0.2, 0.25) is 0 Å². The predicted octanol–water partition coefficient (Wildman–Crippen LogP) is 5.72. The van der Waals surface area contributed by atoms with E-state index in [0.717, 1.165) is 22.3 Å². The first kappa shape index (κ1) is 24.7. The minimum atomic E-state index is 0. The van der Waals surface area contributed by atoms with Gasteiger partial charge in [0.25, 0.3) is 0 Å². The van der Waals surface area contributed by atoms with Crippen LogP contribution < -0.4 is 0 Å². The molecule has 0 saturated carbocycles. The number of nitrogens with zero attached hydrogens (tertiary/aromatic N) is 2. The van der Waals surface area contributed by atoms with Crippen LogP contribution in [-0.2, 0) is 11.5 Å². The van der Waals surface area contributed by atoms with Gasteiger partial charge in [-0.15, -0.1) is 24.8 Å². The van der Waals surface area contributed by atoms with E-state index in [0.29, 0.717) is 22.9 Å². The van der Waals surface area contributed by atoms with E-state index in [4.69, 9.17) is 0 Å². The lowest BCUT2D eigenvalue weighted by atomic mass is 10.1. The molecular weight excluding hydrogens is 411 g/mol. The molecule has 142 valence electrons. The standard InChI is InChI=1S/C18H20N2O2S2.2ClH/c1-5-13-7-19-11(3)17(21)15(13)9-23-24-10-16-14(6-2)8-20-12(4)18(16)22;;/h5-8,21-22H,1-2,9-10H2,3-4H3;2*1H. The van der Waals surface area contributed by atoms with Gasteiger partial charge in [0, 0.05) is 35.0 Å². The van der Waals surface area contributed by atoms with E-state index in [9.17, 15) is 10.2 Å². The zero-order valence-electron chi connectivity index (χ0n) is 14.6. The van der Waals surface area contributed by atoms with Crippen molar-refractivity contribution >= 4 is 58.6 Å². The largest absolute Gasteiger partial charge is 0.506 e. The molecule has 26 heavy (non-hydrogen) atoms. The van der Waals surface area contributed by atoms with Gasteiger partial charge in [0.05, 0.1) is 11.4 Å². The first-order chi connectivity index (χ1) is 11.5. The van der Waals surface area contributed by atoms with Crippen molar-refractivity contribution in [3.63, 3.8) is 0 Å². The molecule has 0 atom stereocenters. The SMILES string of the molecule is C=Cc1cnc(C)c(O)c1CSSCc1c(C=C)cnc(C)c1O.Cl.Cl. The highest BCUT2D eigenvalue weighted by atomic mass is 35.5. The van der Waals surface area contributed by atoms with Crippen LogP contribution in [0.5, 0.6) is 11.5 Å². The molecule has 8 heteroatoms. The van der Waals surface area contributed by atoms with E-state index < -0.39 is 0 Å². The summed E-state index contributed by atoms with van der Waals surface area (Å²) >= 11 is 0. The fraction of sp³-hybridized carbons (Fsp3) is 0.222. The summed E-state index contributed by atoms with van der Waals surface area (Å²) in [4.78, 5) is 8.28. The lowest BCUT2D eigenvalue weighted by molar-refractivity contribution is 0.462. The number of aryl methyl sites for hydroxylation is 2. The molecule has 4 nitrogen and oxygen atoms in total. The topological polar surface area (TPSA) is 66.2 Å². The third kappa shape index (κ3) is 5.58. The van der Waals surface area contributed by atoms with Crippen molar-refractivity contribution in [1.29, 1.82) is 0 Å². The van der Waals surface area contributed by atoms with Gasteiger partial charge in [0.15, 0.2) is 0 Å². The maximum absolute atomic E-state index is 10.2. The highest BCUT2D eigenvalue weighted by molar-refractivity contribution is 8.76. The third-order valence-corrected chi connectivity index (χ3v) is 5.87. The van der Waals surface area contributed by atoms with Crippen molar-refractivity contribution in [2.24, 2.45) is 0 Å². The number of pyridine rings is 2. The quantitative estimate of drug-likeness (QED) is 0.430. The second kappa shape index (κ2) is 11.4. The Morgan fingerprint density at radius 2 is 1.19 bits per heavy atom. The molecule has 0 bridgehead atoms. The molecule has 0 fully saturated rings. The second-order valence-corrected chi connectivity index (χ2v) is 7.65. The van der Waals surface area contributed by atoms with Gasteiger partial charge in [-0.3, -0.25) is 9.97 Å². The summed E-state index contributed by atoms with van der Waals surface area (Å²) in [7, 11) is 3.21. The van der Waals surface area contributed by atoms with Crippen molar-refractivity contribution in [3.8, 4) is 11.5 Å². The Morgan fingerprint density at radius 1 is 0.846 bits per heavy atom. The van der Waals surface area contributed by atoms with Crippen LogP contribution in [0.15, 0.2) is 25.6 Å². The smallest absolute Gasteiger partial charge is 0.141 e. The average molecular weight is 433 g/mol. The number of hydrogen-bond acceptors (Lipinski definition) is 6. The zero-order valence-corrected chi connectivity index (χ0v) is 17.8. The van der Waals surface area contributed by atoms with Crippen LogP contribution in [0, 0.1) is 13.8 Å². The van der Waals surface area contributed by atoms with Gasteiger partial charge in [-0.25, -0.2) is 0 Å². The highest BCUT2D eigenvalue weighted by Gasteiger charge is 2.13. The molecule has 2 heterocycles. The first-order valence-electron chi connectivity index (χ1n) is 7.33. The van der Waals surface area contributed by atoms with Gasteiger partial charge in [-0.1, -0.05) is 46.9 Å². The van der Waals surface area contributed by atoms with Gasteiger partial charge < -0.3 is 10.2 Å². The van der Waals surface area contributed by atoms with Crippen LogP contribution in [0.1, 0.15) is 33.6 Å². The van der Waals surface area contributed by atoms with E-state index >= 15 is 0 Å². The predicted molar refractivity (Wildman–Crippen MR) is 119 cm³/mol. The van der Waals surface area contributed by atoms with Crippen LogP contribution in [0.4, 0.5) is 0 Å².